The van der Waals surface area contributed by atoms with E-state index < -0.39 is 0 Å². The summed E-state index contributed by atoms with van der Waals surface area (Å²) >= 11 is 4.81. The van der Waals surface area contributed by atoms with Gasteiger partial charge >= 0.3 is 0 Å². The van der Waals surface area contributed by atoms with Crippen molar-refractivity contribution in [2.45, 2.75) is 13.8 Å². The highest BCUT2D eigenvalue weighted by atomic mass is 79.9. The number of hydrogen-bond donors (Lipinski definition) is 1. The van der Waals surface area contributed by atoms with E-state index >= 15 is 0 Å². The predicted octanol–water partition coefficient (Wildman–Crippen LogP) is 5.75. The molecule has 2 heterocycles. The van der Waals surface area contributed by atoms with Gasteiger partial charge in [0.05, 0.1) is 5.69 Å². The molecule has 2 aromatic carbocycles. The quantitative estimate of drug-likeness (QED) is 0.429. The van der Waals surface area contributed by atoms with Crippen LogP contribution in [-0.2, 0) is 0 Å². The summed E-state index contributed by atoms with van der Waals surface area (Å²) in [6.07, 6.45) is 1.64. The van der Waals surface area contributed by atoms with Crippen LogP contribution in [0, 0.1) is 13.8 Å². The Morgan fingerprint density at radius 1 is 1.21 bits per heavy atom. The maximum absolute atomic E-state index is 12.9. The molecule has 0 spiro atoms. The topological polar surface area (TPSA) is 67.5 Å². The van der Waals surface area contributed by atoms with E-state index in [9.17, 15) is 4.79 Å². The van der Waals surface area contributed by atoms with Gasteiger partial charge in [-0.05, 0) is 55.3 Å². The highest BCUT2D eigenvalue weighted by molar-refractivity contribution is 9.10. The summed E-state index contributed by atoms with van der Waals surface area (Å²) in [6.45, 7) is 4.03. The fourth-order valence-electron chi connectivity index (χ4n) is 2.76. The molecule has 5 nitrogen and oxygen atoms in total. The lowest BCUT2D eigenvalue weighted by atomic mass is 10.1. The molecule has 7 heteroatoms. The first-order valence-corrected chi connectivity index (χ1v) is 10.2. The molecule has 0 aliphatic rings. The zero-order chi connectivity index (χ0) is 19.7. The van der Waals surface area contributed by atoms with Crippen LogP contribution < -0.4 is 10.9 Å². The molecule has 0 aliphatic carbocycles. The van der Waals surface area contributed by atoms with Crippen LogP contribution in [0.1, 0.15) is 21.5 Å². The van der Waals surface area contributed by atoms with Gasteiger partial charge in [0.25, 0.3) is 5.91 Å². The zero-order valence-electron chi connectivity index (χ0n) is 15.2. The van der Waals surface area contributed by atoms with Gasteiger partial charge in [-0.3, -0.25) is 10.1 Å². The van der Waals surface area contributed by atoms with Crippen LogP contribution in [-0.4, -0.2) is 10.9 Å². The van der Waals surface area contributed by atoms with Gasteiger partial charge in [0, 0.05) is 21.4 Å². The number of aryl methyl sites for hydroxylation is 1. The summed E-state index contributed by atoms with van der Waals surface area (Å²) in [6, 6.07) is 13.3. The molecule has 1 N–H and O–H groups in total. The van der Waals surface area contributed by atoms with Crippen LogP contribution in [0.5, 0.6) is 0 Å². The number of benzene rings is 2. The fraction of sp³-hybridized carbons (Fsp3) is 0.0952. The lowest BCUT2D eigenvalue weighted by Crippen LogP contribution is -2.21. The van der Waals surface area contributed by atoms with Crippen molar-refractivity contribution in [2.75, 3.05) is 5.32 Å². The molecule has 0 radical (unpaired) electrons. The SMILES string of the molecule is Cc1cccc(N=c2oc3ccc(Br)cc3cc2C(=O)Nc2nccs2)c1C. The Kier molecular flexibility index (Phi) is 5.11. The Labute approximate surface area is 173 Å². The van der Waals surface area contributed by atoms with Gasteiger partial charge in [0.2, 0.25) is 5.55 Å². The average molecular weight is 454 g/mol. The maximum atomic E-state index is 12.9. The van der Waals surface area contributed by atoms with Gasteiger partial charge in [-0.1, -0.05) is 28.1 Å². The van der Waals surface area contributed by atoms with Crippen LogP contribution in [0.2, 0.25) is 0 Å². The van der Waals surface area contributed by atoms with Crippen LogP contribution in [0.3, 0.4) is 0 Å². The molecule has 0 fully saturated rings. The second kappa shape index (κ2) is 7.69. The normalized spacial score (nSPS) is 11.8. The van der Waals surface area contributed by atoms with Gasteiger partial charge in [-0.25, -0.2) is 9.98 Å². The number of halogens is 1. The van der Waals surface area contributed by atoms with Crippen molar-refractivity contribution in [3.63, 3.8) is 0 Å². The largest absolute Gasteiger partial charge is 0.438 e. The van der Waals surface area contributed by atoms with Gasteiger partial charge in [0.1, 0.15) is 11.1 Å². The maximum Gasteiger partial charge on any atom is 0.262 e. The van der Waals surface area contributed by atoms with E-state index in [1.165, 1.54) is 11.3 Å². The number of fused-ring (bicyclic) bond motifs is 1. The summed E-state index contributed by atoms with van der Waals surface area (Å²) in [7, 11) is 0. The molecule has 0 bridgehead atoms. The Hall–Kier alpha value is -2.77. The van der Waals surface area contributed by atoms with Crippen molar-refractivity contribution in [1.29, 1.82) is 0 Å². The van der Waals surface area contributed by atoms with E-state index in [2.05, 4.69) is 31.2 Å². The molecular weight excluding hydrogens is 438 g/mol. The van der Waals surface area contributed by atoms with Gasteiger partial charge in [0.15, 0.2) is 5.13 Å². The van der Waals surface area contributed by atoms with Crippen molar-refractivity contribution in [3.05, 3.63) is 80.8 Å². The monoisotopic (exact) mass is 453 g/mol. The van der Waals surface area contributed by atoms with Crippen molar-refractivity contribution in [1.82, 2.24) is 4.98 Å². The van der Waals surface area contributed by atoms with Crippen molar-refractivity contribution in [2.24, 2.45) is 4.99 Å². The first-order valence-electron chi connectivity index (χ1n) is 8.56. The summed E-state index contributed by atoms with van der Waals surface area (Å²) < 4.78 is 6.93. The Bertz CT molecular complexity index is 1250. The number of anilines is 1. The molecule has 0 unspecified atom stereocenters. The number of nitrogens with one attached hydrogen (secondary N) is 1. The molecule has 4 rings (SSSR count). The minimum atomic E-state index is -0.315. The number of thiazole rings is 1. The fourth-order valence-corrected chi connectivity index (χ4v) is 3.67. The summed E-state index contributed by atoms with van der Waals surface area (Å²) in [5.41, 5.74) is 4.19. The van der Waals surface area contributed by atoms with E-state index in [4.69, 9.17) is 4.42 Å². The van der Waals surface area contributed by atoms with Crippen LogP contribution in [0.25, 0.3) is 11.0 Å². The second-order valence-corrected chi connectivity index (χ2v) is 8.08. The summed E-state index contributed by atoms with van der Waals surface area (Å²) in [5, 5.41) is 5.94. The third-order valence-electron chi connectivity index (χ3n) is 4.40. The number of amides is 1. The van der Waals surface area contributed by atoms with Gasteiger partial charge < -0.3 is 4.42 Å². The Balaban J connectivity index is 1.92. The number of rotatable bonds is 3. The molecule has 0 aliphatic heterocycles. The molecule has 4 aromatic rings. The Morgan fingerprint density at radius 3 is 2.86 bits per heavy atom. The highest BCUT2D eigenvalue weighted by Gasteiger charge is 2.15. The highest BCUT2D eigenvalue weighted by Crippen LogP contribution is 2.23. The standard InChI is InChI=1S/C21H16BrN3O2S/c1-12-4-3-5-17(13(12)2)24-20-16(19(26)25-21-23-8-9-28-21)11-14-10-15(22)6-7-18(14)27-20/h3-11H,1-2H3,(H,23,25,26). The average Bonchev–Trinajstić information content (AvgIpc) is 3.18. The third-order valence-corrected chi connectivity index (χ3v) is 5.59. The van der Waals surface area contributed by atoms with Gasteiger partial charge in [-0.15, -0.1) is 11.3 Å². The minimum Gasteiger partial charge on any atom is -0.438 e. The zero-order valence-corrected chi connectivity index (χ0v) is 17.6. The van der Waals surface area contributed by atoms with Crippen LogP contribution in [0.15, 0.2) is 67.9 Å². The molecule has 140 valence electrons. The third kappa shape index (κ3) is 3.76. The molecule has 2 aromatic heterocycles. The summed E-state index contributed by atoms with van der Waals surface area (Å²) in [4.78, 5) is 21.7. The molecule has 0 atom stereocenters. The lowest BCUT2D eigenvalue weighted by molar-refractivity contribution is 0.102. The molecular formula is C21H16BrN3O2S. The predicted molar refractivity (Wildman–Crippen MR) is 115 cm³/mol. The lowest BCUT2D eigenvalue weighted by Gasteiger charge is -2.07. The Morgan fingerprint density at radius 2 is 2.07 bits per heavy atom. The number of aromatic nitrogens is 1. The second-order valence-electron chi connectivity index (χ2n) is 6.27. The van der Waals surface area contributed by atoms with Crippen molar-refractivity contribution < 1.29 is 9.21 Å². The first-order chi connectivity index (χ1) is 13.5. The summed E-state index contributed by atoms with van der Waals surface area (Å²) in [5.74, 6) is -0.315. The van der Waals surface area contributed by atoms with E-state index in [-0.39, 0.29) is 11.5 Å². The minimum absolute atomic E-state index is 0.262. The smallest absolute Gasteiger partial charge is 0.262 e. The van der Waals surface area contributed by atoms with Gasteiger partial charge in [-0.2, -0.15) is 0 Å². The molecule has 0 saturated heterocycles. The number of nitrogens with zero attached hydrogens (tertiary/aromatic N) is 2. The van der Waals surface area contributed by atoms with Crippen LogP contribution >= 0.6 is 27.3 Å². The van der Waals surface area contributed by atoms with Crippen LogP contribution in [0.4, 0.5) is 10.8 Å². The van der Waals surface area contributed by atoms with Crippen molar-refractivity contribution >= 4 is 55.0 Å². The van der Waals surface area contributed by atoms with E-state index in [1.807, 2.05) is 50.2 Å². The van der Waals surface area contributed by atoms with E-state index in [0.29, 0.717) is 16.3 Å². The molecule has 0 saturated carbocycles. The van der Waals surface area contributed by atoms with Crippen molar-refractivity contribution in [3.8, 4) is 0 Å². The van der Waals surface area contributed by atoms with E-state index in [1.54, 1.807) is 17.6 Å². The first kappa shape index (κ1) is 18.6. The number of carbonyl (C=O) groups is 1. The number of carbonyl (C=O) groups excluding carboxylic acids is 1. The molecule has 1 amide bonds. The van der Waals surface area contributed by atoms with E-state index in [0.717, 1.165) is 26.7 Å². The molecule has 28 heavy (non-hydrogen) atoms. The number of hydrogen-bond acceptors (Lipinski definition) is 5.